The van der Waals surface area contributed by atoms with Gasteiger partial charge in [0.25, 0.3) is 0 Å². The molecule has 1 aliphatic rings. The Morgan fingerprint density at radius 2 is 1.58 bits per heavy atom. The highest BCUT2D eigenvalue weighted by Crippen LogP contribution is 2.32. The molecule has 0 spiro atoms. The molecule has 1 aliphatic heterocycles. The summed E-state index contributed by atoms with van der Waals surface area (Å²) in [6, 6.07) is 26.8. The molecule has 0 saturated carbocycles. The van der Waals surface area contributed by atoms with Crippen LogP contribution in [-0.4, -0.2) is 50.2 Å². The predicted octanol–water partition coefficient (Wildman–Crippen LogP) is 6.82. The topological polar surface area (TPSA) is 32.8 Å². The van der Waals surface area contributed by atoms with Gasteiger partial charge in [-0.15, -0.1) is 0 Å². The van der Waals surface area contributed by atoms with E-state index in [0.29, 0.717) is 6.61 Å². The molecular formula is C31H37ClN2O2. The fraction of sp³-hybridized carbons (Fsp3) is 0.387. The average molecular weight is 505 g/mol. The van der Waals surface area contributed by atoms with Crippen LogP contribution in [0.4, 0.5) is 5.69 Å². The van der Waals surface area contributed by atoms with E-state index in [-0.39, 0.29) is 5.97 Å². The minimum absolute atomic E-state index is 0.111. The minimum Gasteiger partial charge on any atom is -0.465 e. The van der Waals surface area contributed by atoms with Gasteiger partial charge in [-0.1, -0.05) is 79.2 Å². The van der Waals surface area contributed by atoms with Gasteiger partial charge in [0.1, 0.15) is 0 Å². The summed E-state index contributed by atoms with van der Waals surface area (Å²) >= 11 is 6.37. The van der Waals surface area contributed by atoms with Gasteiger partial charge in [0, 0.05) is 42.5 Å². The summed E-state index contributed by atoms with van der Waals surface area (Å²) in [5.74, 6) is -0.111. The molecule has 0 amide bonds. The summed E-state index contributed by atoms with van der Waals surface area (Å²) in [5.41, 5.74) is 3.89. The van der Waals surface area contributed by atoms with Crippen molar-refractivity contribution < 1.29 is 9.53 Å². The number of hydrogen-bond donors (Lipinski definition) is 0. The van der Waals surface area contributed by atoms with Gasteiger partial charge < -0.3 is 9.64 Å². The number of carbonyl (C=O) groups excluding carboxylic acids is 1. The third-order valence-corrected chi connectivity index (χ3v) is 7.57. The van der Waals surface area contributed by atoms with Crippen molar-refractivity contribution in [3.63, 3.8) is 0 Å². The molecule has 0 aromatic heterocycles. The van der Waals surface area contributed by atoms with Gasteiger partial charge in [-0.05, 0) is 62.1 Å². The van der Waals surface area contributed by atoms with Crippen molar-refractivity contribution in [3.8, 4) is 11.1 Å². The molecule has 1 unspecified atom stereocenters. The number of nitrogens with zero attached hydrogens (tertiary/aromatic N) is 2. The van der Waals surface area contributed by atoms with Crippen LogP contribution in [0.15, 0.2) is 78.9 Å². The number of esters is 1. The van der Waals surface area contributed by atoms with Crippen molar-refractivity contribution in [1.29, 1.82) is 0 Å². The number of carbonyl (C=O) groups is 1. The van der Waals surface area contributed by atoms with Crippen molar-refractivity contribution in [1.82, 2.24) is 4.90 Å². The van der Waals surface area contributed by atoms with E-state index in [4.69, 9.17) is 16.3 Å². The number of rotatable bonds is 10. The molecule has 0 aliphatic carbocycles. The van der Waals surface area contributed by atoms with Gasteiger partial charge in [0.05, 0.1) is 12.0 Å². The van der Waals surface area contributed by atoms with E-state index in [2.05, 4.69) is 40.1 Å². The maximum absolute atomic E-state index is 13.0. The Morgan fingerprint density at radius 1 is 0.917 bits per heavy atom. The zero-order valence-electron chi connectivity index (χ0n) is 21.5. The zero-order valence-corrected chi connectivity index (χ0v) is 22.2. The molecule has 4 rings (SSSR count). The lowest BCUT2D eigenvalue weighted by atomic mass is 9.78. The number of anilines is 1. The largest absolute Gasteiger partial charge is 0.465 e. The highest BCUT2D eigenvalue weighted by Gasteiger charge is 2.36. The lowest BCUT2D eigenvalue weighted by molar-refractivity contribution is -0.150. The summed E-state index contributed by atoms with van der Waals surface area (Å²) in [6.07, 6.45) is 2.58. The molecule has 190 valence electrons. The molecule has 1 fully saturated rings. The Balaban J connectivity index is 1.29. The fourth-order valence-electron chi connectivity index (χ4n) is 4.96. The van der Waals surface area contributed by atoms with Crippen LogP contribution in [0.25, 0.3) is 11.1 Å². The van der Waals surface area contributed by atoms with Gasteiger partial charge in [-0.25, -0.2) is 0 Å². The van der Waals surface area contributed by atoms with Crippen molar-refractivity contribution in [2.75, 3.05) is 44.2 Å². The molecule has 4 nitrogen and oxygen atoms in total. The lowest BCUT2D eigenvalue weighted by Gasteiger charge is -2.37. The monoisotopic (exact) mass is 504 g/mol. The highest BCUT2D eigenvalue weighted by molar-refractivity contribution is 6.33. The Hall–Kier alpha value is -2.82. The van der Waals surface area contributed by atoms with Gasteiger partial charge >= 0.3 is 5.97 Å². The molecule has 1 atom stereocenters. The van der Waals surface area contributed by atoms with E-state index < -0.39 is 5.41 Å². The molecule has 0 N–H and O–H groups in total. The van der Waals surface area contributed by atoms with Crippen molar-refractivity contribution in [3.05, 3.63) is 89.4 Å². The first-order valence-corrected chi connectivity index (χ1v) is 13.4. The van der Waals surface area contributed by atoms with E-state index in [1.807, 2.05) is 62.4 Å². The SMILES string of the molecule is CCCOC(=O)C(C)(CCCN1CCN(c2ccc(-c3ccccc3Cl)cc2)CC1)c1ccccc1. The number of benzene rings is 3. The summed E-state index contributed by atoms with van der Waals surface area (Å²) < 4.78 is 5.59. The lowest BCUT2D eigenvalue weighted by Crippen LogP contribution is -2.47. The van der Waals surface area contributed by atoms with Gasteiger partial charge in [-0.2, -0.15) is 0 Å². The Labute approximate surface area is 220 Å². The third-order valence-electron chi connectivity index (χ3n) is 7.24. The van der Waals surface area contributed by atoms with Crippen molar-refractivity contribution in [2.45, 2.75) is 38.5 Å². The molecule has 36 heavy (non-hydrogen) atoms. The van der Waals surface area contributed by atoms with E-state index in [1.165, 1.54) is 5.69 Å². The molecule has 0 bridgehead atoms. The van der Waals surface area contributed by atoms with Crippen molar-refractivity contribution >= 4 is 23.3 Å². The molecule has 1 heterocycles. The molecular weight excluding hydrogens is 468 g/mol. The van der Waals surface area contributed by atoms with Crippen LogP contribution in [0, 0.1) is 0 Å². The smallest absolute Gasteiger partial charge is 0.316 e. The second kappa shape index (κ2) is 12.4. The van der Waals surface area contributed by atoms with Crippen LogP contribution >= 0.6 is 11.6 Å². The maximum Gasteiger partial charge on any atom is 0.316 e. The highest BCUT2D eigenvalue weighted by atomic mass is 35.5. The number of piperazine rings is 1. The Morgan fingerprint density at radius 3 is 2.25 bits per heavy atom. The van der Waals surface area contributed by atoms with Crippen LogP contribution < -0.4 is 4.90 Å². The van der Waals surface area contributed by atoms with Gasteiger partial charge in [0.2, 0.25) is 0 Å². The molecule has 3 aromatic carbocycles. The summed E-state index contributed by atoms with van der Waals surface area (Å²) in [6.45, 7) is 9.57. The average Bonchev–Trinajstić information content (AvgIpc) is 2.93. The second-order valence-electron chi connectivity index (χ2n) is 9.79. The summed E-state index contributed by atoms with van der Waals surface area (Å²) in [5, 5.41) is 0.779. The Bertz CT molecular complexity index is 1110. The number of hydrogen-bond acceptors (Lipinski definition) is 4. The first-order valence-electron chi connectivity index (χ1n) is 13.1. The Kier molecular flexibility index (Phi) is 9.06. The number of ether oxygens (including phenoxy) is 1. The minimum atomic E-state index is -0.609. The second-order valence-corrected chi connectivity index (χ2v) is 10.2. The van der Waals surface area contributed by atoms with Gasteiger partial charge in [0.15, 0.2) is 0 Å². The van der Waals surface area contributed by atoms with Crippen LogP contribution in [0.5, 0.6) is 0 Å². The van der Waals surface area contributed by atoms with E-state index in [1.54, 1.807) is 0 Å². The zero-order chi connectivity index (χ0) is 25.4. The molecule has 3 aromatic rings. The van der Waals surface area contributed by atoms with E-state index in [9.17, 15) is 4.79 Å². The van der Waals surface area contributed by atoms with Crippen LogP contribution in [0.1, 0.15) is 38.7 Å². The first kappa shape index (κ1) is 26.2. The third kappa shape index (κ3) is 6.29. The van der Waals surface area contributed by atoms with Crippen LogP contribution in [-0.2, 0) is 14.9 Å². The van der Waals surface area contributed by atoms with Crippen molar-refractivity contribution in [2.24, 2.45) is 0 Å². The molecule has 0 radical (unpaired) electrons. The predicted molar refractivity (Wildman–Crippen MR) is 150 cm³/mol. The fourth-order valence-corrected chi connectivity index (χ4v) is 5.20. The maximum atomic E-state index is 13.0. The normalized spacial score (nSPS) is 15.9. The number of halogens is 1. The quantitative estimate of drug-likeness (QED) is 0.283. The first-order chi connectivity index (χ1) is 17.5. The summed E-state index contributed by atoms with van der Waals surface area (Å²) in [7, 11) is 0. The summed E-state index contributed by atoms with van der Waals surface area (Å²) in [4.78, 5) is 17.9. The molecule has 1 saturated heterocycles. The standard InChI is InChI=1S/C31H37ClN2O2/c1-3-24-36-30(35)31(2,26-10-5-4-6-11-26)18-9-19-33-20-22-34(23-21-33)27-16-14-25(15-17-27)28-12-7-8-13-29(28)32/h4-8,10-17H,3,9,18-24H2,1-2H3. The van der Waals surface area contributed by atoms with Crippen LogP contribution in [0.2, 0.25) is 5.02 Å². The van der Waals surface area contributed by atoms with E-state index >= 15 is 0 Å². The molecule has 5 heteroatoms. The van der Waals surface area contributed by atoms with Gasteiger partial charge in [-0.3, -0.25) is 9.69 Å². The van der Waals surface area contributed by atoms with Crippen LogP contribution in [0.3, 0.4) is 0 Å². The van der Waals surface area contributed by atoms with E-state index in [0.717, 1.165) is 73.7 Å².